The van der Waals surface area contributed by atoms with Crippen LogP contribution in [0, 0.1) is 5.92 Å². The van der Waals surface area contributed by atoms with E-state index >= 15 is 0 Å². The van der Waals surface area contributed by atoms with Crippen molar-refractivity contribution in [3.63, 3.8) is 0 Å². The van der Waals surface area contributed by atoms with E-state index in [0.717, 1.165) is 19.1 Å². The van der Waals surface area contributed by atoms with Gasteiger partial charge in [0.05, 0.1) is 6.10 Å². The molecule has 1 aliphatic heterocycles. The lowest BCUT2D eigenvalue weighted by Crippen LogP contribution is -2.32. The second-order valence-corrected chi connectivity index (χ2v) is 4.41. The van der Waals surface area contributed by atoms with Crippen molar-refractivity contribution < 1.29 is 4.74 Å². The number of hydrogen-bond donors (Lipinski definition) is 1. The fourth-order valence-electron chi connectivity index (χ4n) is 1.58. The van der Waals surface area contributed by atoms with E-state index in [1.165, 1.54) is 19.3 Å². The van der Waals surface area contributed by atoms with E-state index in [0.29, 0.717) is 12.1 Å². The van der Waals surface area contributed by atoms with Gasteiger partial charge in [0.25, 0.3) is 0 Å². The third-order valence-corrected chi connectivity index (χ3v) is 2.96. The van der Waals surface area contributed by atoms with Crippen LogP contribution in [-0.4, -0.2) is 25.3 Å². The van der Waals surface area contributed by atoms with Crippen molar-refractivity contribution in [3.8, 4) is 0 Å². The maximum Gasteiger partial charge on any atom is 0.0588 e. The minimum absolute atomic E-state index is 0.534. The van der Waals surface area contributed by atoms with E-state index in [2.05, 4.69) is 26.1 Å². The van der Waals surface area contributed by atoms with E-state index in [-0.39, 0.29) is 0 Å². The smallest absolute Gasteiger partial charge is 0.0588 e. The molecule has 2 unspecified atom stereocenters. The summed E-state index contributed by atoms with van der Waals surface area (Å²) in [4.78, 5) is 0. The van der Waals surface area contributed by atoms with E-state index in [1.807, 2.05) is 0 Å². The first-order valence-corrected chi connectivity index (χ1v) is 5.55. The van der Waals surface area contributed by atoms with Crippen molar-refractivity contribution in [1.82, 2.24) is 5.32 Å². The van der Waals surface area contributed by atoms with Gasteiger partial charge in [0.15, 0.2) is 0 Å². The fourth-order valence-corrected chi connectivity index (χ4v) is 1.58. The Morgan fingerprint density at radius 2 is 2.15 bits per heavy atom. The van der Waals surface area contributed by atoms with Crippen molar-refractivity contribution in [1.29, 1.82) is 0 Å². The lowest BCUT2D eigenvalue weighted by molar-refractivity contribution is 0.103. The Balaban J connectivity index is 1.99. The van der Waals surface area contributed by atoms with E-state index in [1.54, 1.807) is 0 Å². The zero-order valence-corrected chi connectivity index (χ0v) is 9.18. The third-order valence-electron chi connectivity index (χ3n) is 2.96. The number of hydrogen-bond acceptors (Lipinski definition) is 2. The van der Waals surface area contributed by atoms with Crippen LogP contribution in [0.1, 0.15) is 40.0 Å². The molecule has 0 aliphatic carbocycles. The van der Waals surface area contributed by atoms with Gasteiger partial charge in [-0.25, -0.2) is 0 Å². The third kappa shape index (κ3) is 4.10. The van der Waals surface area contributed by atoms with Crippen LogP contribution in [0.25, 0.3) is 0 Å². The van der Waals surface area contributed by atoms with Crippen LogP contribution in [0.2, 0.25) is 0 Å². The number of rotatable bonds is 5. The Kier molecular flexibility index (Phi) is 4.74. The molecular weight excluding hydrogens is 162 g/mol. The summed E-state index contributed by atoms with van der Waals surface area (Å²) in [6.45, 7) is 8.84. The van der Waals surface area contributed by atoms with Crippen LogP contribution in [0.3, 0.4) is 0 Å². The molecule has 0 saturated carbocycles. The Bertz CT molecular complexity index is 128. The van der Waals surface area contributed by atoms with Gasteiger partial charge in [0.2, 0.25) is 0 Å². The Morgan fingerprint density at radius 3 is 2.69 bits per heavy atom. The van der Waals surface area contributed by atoms with Gasteiger partial charge in [-0.3, -0.25) is 0 Å². The van der Waals surface area contributed by atoms with Gasteiger partial charge in [0, 0.05) is 12.6 Å². The maximum atomic E-state index is 5.56. The quantitative estimate of drug-likeness (QED) is 0.709. The highest BCUT2D eigenvalue weighted by atomic mass is 16.5. The second kappa shape index (κ2) is 5.61. The van der Waals surface area contributed by atoms with Crippen LogP contribution in [-0.2, 0) is 4.74 Å². The Morgan fingerprint density at radius 1 is 1.38 bits per heavy atom. The largest absolute Gasteiger partial charge is 0.378 e. The average molecular weight is 185 g/mol. The van der Waals surface area contributed by atoms with Gasteiger partial charge in [0.1, 0.15) is 0 Å². The van der Waals surface area contributed by atoms with Crippen LogP contribution in [0.5, 0.6) is 0 Å². The van der Waals surface area contributed by atoms with Gasteiger partial charge < -0.3 is 10.1 Å². The highest BCUT2D eigenvalue weighted by Gasteiger charge is 2.15. The average Bonchev–Trinajstić information content (AvgIpc) is 2.56. The van der Waals surface area contributed by atoms with Crippen molar-refractivity contribution in [2.75, 3.05) is 13.2 Å². The summed E-state index contributed by atoms with van der Waals surface area (Å²) >= 11 is 0. The van der Waals surface area contributed by atoms with E-state index < -0.39 is 0 Å². The molecule has 78 valence electrons. The molecule has 2 atom stereocenters. The summed E-state index contributed by atoms with van der Waals surface area (Å²) in [5.74, 6) is 0.726. The van der Waals surface area contributed by atoms with Crippen LogP contribution in [0.15, 0.2) is 0 Å². The summed E-state index contributed by atoms with van der Waals surface area (Å²) in [6, 6.07) is 0.626. The summed E-state index contributed by atoms with van der Waals surface area (Å²) < 4.78 is 5.56. The van der Waals surface area contributed by atoms with Crippen molar-refractivity contribution >= 4 is 0 Å². The lowest BCUT2D eigenvalue weighted by atomic mass is 10.1. The van der Waals surface area contributed by atoms with Gasteiger partial charge in [-0.05, 0) is 38.6 Å². The van der Waals surface area contributed by atoms with Crippen LogP contribution < -0.4 is 5.32 Å². The molecule has 1 rings (SSSR count). The first-order valence-electron chi connectivity index (χ1n) is 5.55. The molecule has 2 heteroatoms. The first kappa shape index (κ1) is 11.0. The fraction of sp³-hybridized carbons (Fsp3) is 1.00. The zero-order valence-electron chi connectivity index (χ0n) is 9.18. The molecule has 0 bridgehead atoms. The molecule has 0 radical (unpaired) electrons. The molecule has 0 aromatic rings. The number of ether oxygens (including phenoxy) is 1. The van der Waals surface area contributed by atoms with Crippen molar-refractivity contribution in [2.24, 2.45) is 5.92 Å². The second-order valence-electron chi connectivity index (χ2n) is 4.41. The molecule has 0 spiro atoms. The first-order chi connectivity index (χ1) is 6.20. The number of nitrogens with one attached hydrogen (secondary N) is 1. The highest BCUT2D eigenvalue weighted by Crippen LogP contribution is 2.14. The van der Waals surface area contributed by atoms with Gasteiger partial charge in [-0.1, -0.05) is 13.8 Å². The maximum absolute atomic E-state index is 5.56. The van der Waals surface area contributed by atoms with Crippen molar-refractivity contribution in [3.05, 3.63) is 0 Å². The summed E-state index contributed by atoms with van der Waals surface area (Å²) in [7, 11) is 0. The standard InChI is InChI=1S/C11H23NO/c1-9(2)10(3)12-7-6-11-5-4-8-13-11/h9-12H,4-8H2,1-3H3. The van der Waals surface area contributed by atoms with E-state index in [9.17, 15) is 0 Å². The molecule has 2 nitrogen and oxygen atoms in total. The van der Waals surface area contributed by atoms with Crippen molar-refractivity contribution in [2.45, 2.75) is 52.2 Å². The van der Waals surface area contributed by atoms with Crippen LogP contribution >= 0.6 is 0 Å². The lowest BCUT2D eigenvalue weighted by Gasteiger charge is -2.18. The molecule has 1 saturated heterocycles. The highest BCUT2D eigenvalue weighted by molar-refractivity contribution is 4.69. The molecule has 13 heavy (non-hydrogen) atoms. The normalized spacial score (nSPS) is 25.4. The SMILES string of the molecule is CC(C)C(C)NCCC1CCCO1. The molecule has 0 amide bonds. The predicted molar refractivity (Wildman–Crippen MR) is 55.9 cm³/mol. The van der Waals surface area contributed by atoms with Gasteiger partial charge >= 0.3 is 0 Å². The molecule has 1 heterocycles. The molecule has 0 aromatic heterocycles. The minimum Gasteiger partial charge on any atom is -0.378 e. The molecule has 0 aromatic carbocycles. The molecular formula is C11H23NO. The monoisotopic (exact) mass is 185 g/mol. The summed E-state index contributed by atoms with van der Waals surface area (Å²) in [5.41, 5.74) is 0. The molecule has 1 aliphatic rings. The summed E-state index contributed by atoms with van der Waals surface area (Å²) in [5, 5.41) is 3.53. The minimum atomic E-state index is 0.534. The van der Waals surface area contributed by atoms with Gasteiger partial charge in [-0.15, -0.1) is 0 Å². The van der Waals surface area contributed by atoms with Gasteiger partial charge in [-0.2, -0.15) is 0 Å². The summed E-state index contributed by atoms with van der Waals surface area (Å²) in [6.07, 6.45) is 4.23. The van der Waals surface area contributed by atoms with E-state index in [4.69, 9.17) is 4.74 Å². The Labute approximate surface area is 82.0 Å². The topological polar surface area (TPSA) is 21.3 Å². The molecule has 1 fully saturated rings. The van der Waals surface area contributed by atoms with Crippen LogP contribution in [0.4, 0.5) is 0 Å². The molecule has 1 N–H and O–H groups in total. The zero-order chi connectivity index (χ0) is 9.68. The predicted octanol–water partition coefficient (Wildman–Crippen LogP) is 2.19. The Hall–Kier alpha value is -0.0800.